The van der Waals surface area contributed by atoms with Crippen molar-refractivity contribution in [2.24, 2.45) is 4.99 Å². The molecule has 1 fully saturated rings. The van der Waals surface area contributed by atoms with Gasteiger partial charge in [0.05, 0.1) is 0 Å². The van der Waals surface area contributed by atoms with E-state index >= 15 is 0 Å². The predicted octanol–water partition coefficient (Wildman–Crippen LogP) is 2.10. The van der Waals surface area contributed by atoms with Gasteiger partial charge in [-0.2, -0.15) is 4.98 Å². The van der Waals surface area contributed by atoms with E-state index in [1.165, 1.54) is 18.4 Å². The Morgan fingerprint density at radius 3 is 2.88 bits per heavy atom. The summed E-state index contributed by atoms with van der Waals surface area (Å²) in [6, 6.07) is 11.2. The van der Waals surface area contributed by atoms with Crippen molar-refractivity contribution in [2.75, 3.05) is 19.6 Å². The molecule has 0 amide bonds. The highest BCUT2D eigenvalue weighted by molar-refractivity contribution is 5.79. The van der Waals surface area contributed by atoms with Crippen LogP contribution in [-0.4, -0.2) is 46.7 Å². The smallest absolute Gasteiger partial charge is 0.223 e. The number of nitrogens with one attached hydrogen (secondary N) is 2. The Labute approximate surface area is 154 Å². The second-order valence-electron chi connectivity index (χ2n) is 6.56. The van der Waals surface area contributed by atoms with Crippen LogP contribution in [0.4, 0.5) is 0 Å². The van der Waals surface area contributed by atoms with Gasteiger partial charge in [-0.15, -0.1) is 0 Å². The molecule has 0 saturated carbocycles. The van der Waals surface area contributed by atoms with E-state index in [9.17, 15) is 0 Å². The molecular formula is C19H28N6O. The molecule has 7 heteroatoms. The first-order valence-electron chi connectivity index (χ1n) is 9.34. The number of benzene rings is 1. The molecule has 0 spiro atoms. The molecule has 1 aliphatic rings. The van der Waals surface area contributed by atoms with Crippen LogP contribution < -0.4 is 10.6 Å². The maximum atomic E-state index is 4.99. The van der Waals surface area contributed by atoms with E-state index in [1.54, 1.807) is 6.92 Å². The van der Waals surface area contributed by atoms with Crippen molar-refractivity contribution in [3.05, 3.63) is 47.6 Å². The number of aliphatic imine (C=N–C) groups is 1. The minimum Gasteiger partial charge on any atom is -0.357 e. The minimum absolute atomic E-state index is 0.408. The molecule has 140 valence electrons. The van der Waals surface area contributed by atoms with Crippen molar-refractivity contribution < 1.29 is 4.52 Å². The van der Waals surface area contributed by atoms with Crippen LogP contribution in [0.1, 0.15) is 37.0 Å². The molecule has 1 saturated heterocycles. The fourth-order valence-electron chi connectivity index (χ4n) is 3.26. The van der Waals surface area contributed by atoms with Crippen molar-refractivity contribution in [1.29, 1.82) is 0 Å². The van der Waals surface area contributed by atoms with E-state index in [-0.39, 0.29) is 0 Å². The van der Waals surface area contributed by atoms with Gasteiger partial charge in [-0.25, -0.2) is 4.99 Å². The second kappa shape index (κ2) is 9.33. The number of hydrogen-bond donors (Lipinski definition) is 2. The van der Waals surface area contributed by atoms with Crippen molar-refractivity contribution in [3.63, 3.8) is 0 Å². The number of aryl methyl sites for hydroxylation is 1. The van der Waals surface area contributed by atoms with Gasteiger partial charge in [0.1, 0.15) is 6.54 Å². The molecule has 2 N–H and O–H groups in total. The summed E-state index contributed by atoms with van der Waals surface area (Å²) in [6.45, 7) is 8.10. The molecule has 3 rings (SSSR count). The summed E-state index contributed by atoms with van der Waals surface area (Å²) in [5.74, 6) is 1.96. The van der Waals surface area contributed by atoms with Gasteiger partial charge in [-0.1, -0.05) is 35.5 Å². The fraction of sp³-hybridized carbons (Fsp3) is 0.526. The summed E-state index contributed by atoms with van der Waals surface area (Å²) >= 11 is 0. The van der Waals surface area contributed by atoms with Crippen molar-refractivity contribution in [2.45, 2.75) is 45.8 Å². The first-order valence-corrected chi connectivity index (χ1v) is 9.34. The zero-order valence-electron chi connectivity index (χ0n) is 15.6. The lowest BCUT2D eigenvalue weighted by molar-refractivity contribution is 0.245. The van der Waals surface area contributed by atoms with E-state index in [0.717, 1.165) is 32.1 Å². The molecule has 2 aromatic rings. The zero-order valence-corrected chi connectivity index (χ0v) is 15.6. The van der Waals surface area contributed by atoms with Gasteiger partial charge in [0.25, 0.3) is 0 Å². The van der Waals surface area contributed by atoms with Gasteiger partial charge in [0.15, 0.2) is 11.8 Å². The van der Waals surface area contributed by atoms with E-state index < -0.39 is 0 Å². The average molecular weight is 356 g/mol. The Bertz CT molecular complexity index is 699. The fourth-order valence-corrected chi connectivity index (χ4v) is 3.26. The van der Waals surface area contributed by atoms with Gasteiger partial charge >= 0.3 is 0 Å². The quantitative estimate of drug-likeness (QED) is 0.584. The van der Waals surface area contributed by atoms with Crippen LogP contribution in [0.15, 0.2) is 39.8 Å². The average Bonchev–Trinajstić information content (AvgIpc) is 3.27. The number of nitrogens with zero attached hydrogens (tertiary/aromatic N) is 4. The molecule has 0 bridgehead atoms. The minimum atomic E-state index is 0.408. The third kappa shape index (κ3) is 5.29. The third-order valence-electron chi connectivity index (χ3n) is 4.53. The SMILES string of the molecule is CCNC(=NCc1noc(C)n1)NCC1CCCN1Cc1ccccc1. The van der Waals surface area contributed by atoms with Gasteiger partial charge in [-0.3, -0.25) is 4.90 Å². The first-order chi connectivity index (χ1) is 12.7. The lowest BCUT2D eigenvalue weighted by atomic mass is 10.2. The van der Waals surface area contributed by atoms with Crippen LogP contribution in [0.5, 0.6) is 0 Å². The Morgan fingerprint density at radius 1 is 1.31 bits per heavy atom. The lowest BCUT2D eigenvalue weighted by Crippen LogP contribution is -2.44. The normalized spacial score (nSPS) is 18.2. The summed E-state index contributed by atoms with van der Waals surface area (Å²) < 4.78 is 4.99. The molecule has 0 radical (unpaired) electrons. The number of hydrogen-bond acceptors (Lipinski definition) is 5. The maximum absolute atomic E-state index is 4.99. The topological polar surface area (TPSA) is 78.6 Å². The van der Waals surface area contributed by atoms with Crippen LogP contribution in [0.3, 0.4) is 0 Å². The monoisotopic (exact) mass is 356 g/mol. The Morgan fingerprint density at radius 2 is 2.15 bits per heavy atom. The van der Waals surface area contributed by atoms with Crippen LogP contribution >= 0.6 is 0 Å². The number of likely N-dealkylation sites (tertiary alicyclic amines) is 1. The molecule has 26 heavy (non-hydrogen) atoms. The zero-order chi connectivity index (χ0) is 18.2. The molecule has 1 atom stereocenters. The Hall–Kier alpha value is -2.41. The highest BCUT2D eigenvalue weighted by Crippen LogP contribution is 2.19. The molecule has 1 aromatic heterocycles. The van der Waals surface area contributed by atoms with Crippen molar-refractivity contribution in [3.8, 4) is 0 Å². The van der Waals surface area contributed by atoms with Gasteiger partial charge in [0, 0.05) is 32.6 Å². The molecule has 1 aliphatic heterocycles. The predicted molar refractivity (Wildman–Crippen MR) is 102 cm³/mol. The summed E-state index contributed by atoms with van der Waals surface area (Å²) in [6.07, 6.45) is 2.46. The summed E-state index contributed by atoms with van der Waals surface area (Å²) in [5, 5.41) is 10.6. The highest BCUT2D eigenvalue weighted by atomic mass is 16.5. The first kappa shape index (κ1) is 18.4. The number of aromatic nitrogens is 2. The standard InChI is InChI=1S/C19H28N6O/c1-3-20-19(22-13-18-23-15(2)26-24-18)21-12-17-10-7-11-25(17)14-16-8-5-4-6-9-16/h4-6,8-9,17H,3,7,10-14H2,1-2H3,(H2,20,21,22). The molecule has 7 nitrogen and oxygen atoms in total. The van der Waals surface area contributed by atoms with Crippen molar-refractivity contribution >= 4 is 5.96 Å². The number of guanidine groups is 1. The van der Waals surface area contributed by atoms with E-state index in [4.69, 9.17) is 4.52 Å². The van der Waals surface area contributed by atoms with E-state index in [1.807, 2.05) is 0 Å². The van der Waals surface area contributed by atoms with E-state index in [2.05, 4.69) is 67.9 Å². The summed E-state index contributed by atoms with van der Waals surface area (Å²) in [7, 11) is 0. The number of rotatable bonds is 7. The van der Waals surface area contributed by atoms with Crippen LogP contribution in [-0.2, 0) is 13.1 Å². The van der Waals surface area contributed by atoms with E-state index in [0.29, 0.717) is 24.3 Å². The summed E-state index contributed by atoms with van der Waals surface area (Å²) in [5.41, 5.74) is 1.37. The molecular weight excluding hydrogens is 328 g/mol. The molecule has 0 aliphatic carbocycles. The summed E-state index contributed by atoms with van der Waals surface area (Å²) in [4.78, 5) is 11.3. The van der Waals surface area contributed by atoms with Gasteiger partial charge in [-0.05, 0) is 31.9 Å². The molecule has 1 unspecified atom stereocenters. The van der Waals surface area contributed by atoms with Crippen LogP contribution in [0.2, 0.25) is 0 Å². The maximum Gasteiger partial charge on any atom is 0.223 e. The van der Waals surface area contributed by atoms with Gasteiger partial charge in [0.2, 0.25) is 5.89 Å². The van der Waals surface area contributed by atoms with Crippen LogP contribution in [0, 0.1) is 6.92 Å². The second-order valence-corrected chi connectivity index (χ2v) is 6.56. The Kier molecular flexibility index (Phi) is 6.60. The highest BCUT2D eigenvalue weighted by Gasteiger charge is 2.24. The molecule has 2 heterocycles. The lowest BCUT2D eigenvalue weighted by Gasteiger charge is -2.25. The van der Waals surface area contributed by atoms with Crippen molar-refractivity contribution in [1.82, 2.24) is 25.7 Å². The van der Waals surface area contributed by atoms with Gasteiger partial charge < -0.3 is 15.2 Å². The largest absolute Gasteiger partial charge is 0.357 e. The Balaban J connectivity index is 1.53. The van der Waals surface area contributed by atoms with Crippen LogP contribution in [0.25, 0.3) is 0 Å². The third-order valence-corrected chi connectivity index (χ3v) is 4.53. The molecule has 1 aromatic carbocycles.